The molecule has 170 valence electrons. The average Bonchev–Trinajstić information content (AvgIpc) is 3.18. The third-order valence-electron chi connectivity index (χ3n) is 5.71. The average molecular weight is 459 g/mol. The van der Waals surface area contributed by atoms with Crippen LogP contribution < -0.4 is 10.1 Å². The maximum Gasteiger partial charge on any atom is 0.251 e. The van der Waals surface area contributed by atoms with Crippen molar-refractivity contribution in [3.05, 3.63) is 95.2 Å². The van der Waals surface area contributed by atoms with Gasteiger partial charge < -0.3 is 14.6 Å². The highest BCUT2D eigenvalue weighted by Gasteiger charge is 2.11. The van der Waals surface area contributed by atoms with Gasteiger partial charge in [0.15, 0.2) is 0 Å². The third-order valence-corrected chi connectivity index (χ3v) is 6.80. The van der Waals surface area contributed by atoms with Gasteiger partial charge in [0.05, 0.1) is 6.61 Å². The first-order valence-corrected chi connectivity index (χ1v) is 12.3. The Kier molecular flexibility index (Phi) is 7.40. The van der Waals surface area contributed by atoms with E-state index >= 15 is 0 Å². The smallest absolute Gasteiger partial charge is 0.251 e. The zero-order valence-corrected chi connectivity index (χ0v) is 20.2. The summed E-state index contributed by atoms with van der Waals surface area (Å²) < 4.78 is 7.68. The first kappa shape index (κ1) is 23.0. The Morgan fingerprint density at radius 2 is 1.82 bits per heavy atom. The normalized spacial score (nSPS) is 11.0. The fourth-order valence-electron chi connectivity index (χ4n) is 3.89. The van der Waals surface area contributed by atoms with Crippen LogP contribution in [0, 0.1) is 13.8 Å². The number of rotatable bonds is 9. The van der Waals surface area contributed by atoms with E-state index in [1.807, 2.05) is 30.8 Å². The Hall–Kier alpha value is -3.18. The quantitative estimate of drug-likeness (QED) is 0.296. The fourth-order valence-corrected chi connectivity index (χ4v) is 5.04. The molecule has 0 spiro atoms. The number of aryl methyl sites for hydroxylation is 2. The van der Waals surface area contributed by atoms with E-state index in [-0.39, 0.29) is 5.91 Å². The topological polar surface area (TPSA) is 43.3 Å². The summed E-state index contributed by atoms with van der Waals surface area (Å²) in [7, 11) is 0. The molecule has 33 heavy (non-hydrogen) atoms. The first-order valence-electron chi connectivity index (χ1n) is 11.3. The highest BCUT2D eigenvalue weighted by molar-refractivity contribution is 7.98. The van der Waals surface area contributed by atoms with Gasteiger partial charge in [0, 0.05) is 46.4 Å². The lowest BCUT2D eigenvalue weighted by atomic mass is 10.1. The molecule has 0 atom stereocenters. The number of aromatic nitrogens is 1. The minimum Gasteiger partial charge on any atom is -0.494 e. The molecular weight excluding hydrogens is 428 g/mol. The molecule has 0 bridgehead atoms. The lowest BCUT2D eigenvalue weighted by molar-refractivity contribution is 0.0952. The zero-order chi connectivity index (χ0) is 23.2. The number of thioether (sulfide) groups is 1. The van der Waals surface area contributed by atoms with Crippen molar-refractivity contribution in [2.24, 2.45) is 0 Å². The number of carbonyl (C=O) groups is 1. The monoisotopic (exact) mass is 458 g/mol. The molecule has 0 saturated carbocycles. The van der Waals surface area contributed by atoms with Crippen molar-refractivity contribution in [3.63, 3.8) is 0 Å². The van der Waals surface area contributed by atoms with E-state index in [1.54, 1.807) is 12.1 Å². The Balaban J connectivity index is 1.42. The Morgan fingerprint density at radius 1 is 1.03 bits per heavy atom. The summed E-state index contributed by atoms with van der Waals surface area (Å²) in [4.78, 5) is 13.8. The van der Waals surface area contributed by atoms with Gasteiger partial charge in [-0.2, -0.15) is 0 Å². The molecule has 5 heteroatoms. The van der Waals surface area contributed by atoms with Gasteiger partial charge in [0.2, 0.25) is 0 Å². The van der Waals surface area contributed by atoms with E-state index in [4.69, 9.17) is 4.74 Å². The van der Waals surface area contributed by atoms with Gasteiger partial charge in [-0.3, -0.25) is 4.79 Å². The highest BCUT2D eigenvalue weighted by Crippen LogP contribution is 2.33. The molecule has 0 saturated heterocycles. The van der Waals surface area contributed by atoms with Crippen molar-refractivity contribution in [2.75, 3.05) is 13.2 Å². The van der Waals surface area contributed by atoms with Crippen molar-refractivity contribution in [2.45, 2.75) is 38.0 Å². The minimum absolute atomic E-state index is 0.0703. The van der Waals surface area contributed by atoms with Crippen LogP contribution in [0.25, 0.3) is 10.9 Å². The molecule has 1 amide bonds. The van der Waals surface area contributed by atoms with E-state index in [0.717, 1.165) is 11.5 Å². The van der Waals surface area contributed by atoms with Crippen LogP contribution >= 0.6 is 11.8 Å². The van der Waals surface area contributed by atoms with Gasteiger partial charge in [-0.1, -0.05) is 42.0 Å². The molecule has 0 radical (unpaired) electrons. The van der Waals surface area contributed by atoms with Crippen LogP contribution in [0.2, 0.25) is 0 Å². The van der Waals surface area contributed by atoms with Gasteiger partial charge >= 0.3 is 0 Å². The molecule has 0 unspecified atom stereocenters. The van der Waals surface area contributed by atoms with Crippen molar-refractivity contribution in [3.8, 4) is 5.75 Å². The molecular formula is C28H30N2O2S. The van der Waals surface area contributed by atoms with Crippen LogP contribution in [0.5, 0.6) is 5.75 Å². The number of hydrogen-bond donors (Lipinski definition) is 1. The second-order valence-electron chi connectivity index (χ2n) is 8.14. The Labute approximate surface area is 200 Å². The van der Waals surface area contributed by atoms with Crippen LogP contribution in [0.15, 0.2) is 77.8 Å². The lowest BCUT2D eigenvalue weighted by Crippen LogP contribution is -2.27. The molecule has 0 aliphatic carbocycles. The molecule has 4 nitrogen and oxygen atoms in total. The zero-order valence-electron chi connectivity index (χ0n) is 19.4. The predicted molar refractivity (Wildman–Crippen MR) is 137 cm³/mol. The van der Waals surface area contributed by atoms with E-state index in [1.165, 1.54) is 32.5 Å². The van der Waals surface area contributed by atoms with Crippen LogP contribution in [-0.4, -0.2) is 23.6 Å². The summed E-state index contributed by atoms with van der Waals surface area (Å²) in [5, 5.41) is 4.29. The van der Waals surface area contributed by atoms with Crippen LogP contribution in [-0.2, 0) is 12.3 Å². The molecule has 1 N–H and O–H groups in total. The predicted octanol–water partition coefficient (Wildman–Crippen LogP) is 6.38. The molecule has 4 rings (SSSR count). The van der Waals surface area contributed by atoms with Gasteiger partial charge in [-0.15, -0.1) is 11.8 Å². The number of fused-ring (bicyclic) bond motifs is 1. The summed E-state index contributed by atoms with van der Waals surface area (Å²) in [6.45, 7) is 8.15. The summed E-state index contributed by atoms with van der Waals surface area (Å²) in [5.74, 6) is 1.65. The third kappa shape index (κ3) is 5.60. The van der Waals surface area contributed by atoms with Gasteiger partial charge in [0.25, 0.3) is 5.91 Å². The van der Waals surface area contributed by atoms with Crippen LogP contribution in [0.3, 0.4) is 0 Å². The first-order chi connectivity index (χ1) is 16.0. The molecule has 0 fully saturated rings. The molecule has 4 aromatic rings. The number of ether oxygens (including phenoxy) is 1. The molecule has 1 aromatic heterocycles. The van der Waals surface area contributed by atoms with Crippen LogP contribution in [0.1, 0.15) is 34.0 Å². The summed E-state index contributed by atoms with van der Waals surface area (Å²) in [5.41, 5.74) is 5.83. The number of hydrogen-bond acceptors (Lipinski definition) is 3. The van der Waals surface area contributed by atoms with Crippen LogP contribution in [0.4, 0.5) is 0 Å². The molecule has 0 aliphatic heterocycles. The fraction of sp³-hybridized carbons (Fsp3) is 0.250. The maximum absolute atomic E-state index is 12.5. The van der Waals surface area contributed by atoms with Crippen molar-refractivity contribution in [1.82, 2.24) is 9.88 Å². The molecule has 0 aliphatic rings. The maximum atomic E-state index is 12.5. The number of amides is 1. The van der Waals surface area contributed by atoms with E-state index in [0.29, 0.717) is 25.3 Å². The summed E-state index contributed by atoms with van der Waals surface area (Å²) in [6.07, 6.45) is 2.21. The van der Waals surface area contributed by atoms with E-state index in [9.17, 15) is 4.79 Å². The van der Waals surface area contributed by atoms with Gasteiger partial charge in [0.1, 0.15) is 5.75 Å². The number of benzene rings is 3. The Morgan fingerprint density at radius 3 is 2.61 bits per heavy atom. The molecule has 3 aromatic carbocycles. The number of carbonyl (C=O) groups excluding carboxylic acids is 1. The minimum atomic E-state index is -0.0703. The highest BCUT2D eigenvalue weighted by atomic mass is 32.2. The standard InChI is InChI=1S/C28H30N2O2S/c1-4-32-24-13-11-22(12-14-24)28(31)29-15-16-30-18-27(25-7-5-6-8-26(25)30)33-19-23-17-20(2)9-10-21(23)3/h5-14,17-18H,4,15-16,19H2,1-3H3,(H,29,31). The number of nitrogens with one attached hydrogen (secondary N) is 1. The van der Waals surface area contributed by atoms with Crippen molar-refractivity contribution < 1.29 is 9.53 Å². The second kappa shape index (κ2) is 10.6. The molecule has 1 heterocycles. The SMILES string of the molecule is CCOc1ccc(C(=O)NCCn2cc(SCc3cc(C)ccc3C)c3ccccc32)cc1. The van der Waals surface area contributed by atoms with Crippen molar-refractivity contribution in [1.29, 1.82) is 0 Å². The second-order valence-corrected chi connectivity index (χ2v) is 9.15. The van der Waals surface area contributed by atoms with Gasteiger partial charge in [-0.25, -0.2) is 0 Å². The number of nitrogens with zero attached hydrogens (tertiary/aromatic N) is 1. The number of para-hydroxylation sites is 1. The van der Waals surface area contributed by atoms with E-state index < -0.39 is 0 Å². The summed E-state index contributed by atoms with van der Waals surface area (Å²) in [6, 6.07) is 22.4. The Bertz CT molecular complexity index is 1240. The lowest BCUT2D eigenvalue weighted by Gasteiger charge is -2.08. The summed E-state index contributed by atoms with van der Waals surface area (Å²) >= 11 is 1.87. The van der Waals surface area contributed by atoms with Crippen molar-refractivity contribution >= 4 is 28.6 Å². The van der Waals surface area contributed by atoms with E-state index in [2.05, 4.69) is 72.4 Å². The largest absolute Gasteiger partial charge is 0.494 e. The van der Waals surface area contributed by atoms with Gasteiger partial charge in [-0.05, 0) is 62.2 Å².